The summed E-state index contributed by atoms with van der Waals surface area (Å²) in [6, 6.07) is 24.5. The monoisotopic (exact) mass is 439 g/mol. The molecule has 166 valence electrons. The first-order valence-corrected chi connectivity index (χ1v) is 10.8. The second kappa shape index (κ2) is 9.53. The molecule has 1 N–H and O–H groups in total. The van der Waals surface area contributed by atoms with E-state index in [1.807, 2.05) is 80.6 Å². The molecule has 0 saturated carbocycles. The molecule has 0 radical (unpaired) electrons. The average molecular weight is 440 g/mol. The van der Waals surface area contributed by atoms with Crippen LogP contribution in [-0.2, 0) is 4.74 Å². The highest BCUT2D eigenvalue weighted by atomic mass is 16.5. The number of carbonyl (C=O) groups excluding carboxylic acids is 2. The molecule has 4 rings (SSSR count). The van der Waals surface area contributed by atoms with Crippen molar-refractivity contribution < 1.29 is 14.3 Å². The zero-order valence-corrected chi connectivity index (χ0v) is 18.8. The molecule has 1 aromatic heterocycles. The van der Waals surface area contributed by atoms with Gasteiger partial charge in [0.15, 0.2) is 5.69 Å². The van der Waals surface area contributed by atoms with Crippen LogP contribution in [-0.4, -0.2) is 28.3 Å². The number of esters is 1. The number of aromatic nitrogens is 2. The lowest BCUT2D eigenvalue weighted by Crippen LogP contribution is -2.12. The number of nitrogens with zero attached hydrogens (tertiary/aromatic N) is 2. The highest BCUT2D eigenvalue weighted by molar-refractivity contribution is 6.04. The SMILES string of the molecule is CCOC(=O)c1cc(-c2cccc(NC(=O)c3cccc(C)c3)c2)n(-c2ccccc2C)n1. The lowest BCUT2D eigenvalue weighted by atomic mass is 10.1. The zero-order valence-electron chi connectivity index (χ0n) is 18.8. The van der Waals surface area contributed by atoms with Crippen molar-refractivity contribution in [3.63, 3.8) is 0 Å². The van der Waals surface area contributed by atoms with Gasteiger partial charge in [-0.15, -0.1) is 0 Å². The number of hydrogen-bond acceptors (Lipinski definition) is 4. The summed E-state index contributed by atoms with van der Waals surface area (Å²) < 4.78 is 6.90. The summed E-state index contributed by atoms with van der Waals surface area (Å²) in [4.78, 5) is 25.1. The summed E-state index contributed by atoms with van der Waals surface area (Å²) >= 11 is 0. The van der Waals surface area contributed by atoms with Crippen LogP contribution in [0.1, 0.15) is 38.9 Å². The number of aryl methyl sites for hydroxylation is 2. The molecule has 0 aliphatic rings. The van der Waals surface area contributed by atoms with Crippen molar-refractivity contribution in [1.82, 2.24) is 9.78 Å². The molecule has 0 aliphatic heterocycles. The van der Waals surface area contributed by atoms with Crippen LogP contribution in [0.15, 0.2) is 78.9 Å². The van der Waals surface area contributed by atoms with Crippen LogP contribution in [0.3, 0.4) is 0 Å². The minimum atomic E-state index is -0.477. The fourth-order valence-electron chi connectivity index (χ4n) is 3.62. The highest BCUT2D eigenvalue weighted by Gasteiger charge is 2.19. The molecule has 1 heterocycles. The minimum absolute atomic E-state index is 0.185. The van der Waals surface area contributed by atoms with E-state index < -0.39 is 5.97 Å². The average Bonchev–Trinajstić information content (AvgIpc) is 3.25. The molecule has 0 atom stereocenters. The number of carbonyl (C=O) groups is 2. The molecule has 3 aromatic carbocycles. The standard InChI is InChI=1S/C27H25N3O3/c1-4-33-27(32)23-17-25(30(29-23)24-14-6-5-10-19(24)3)20-11-8-13-22(16-20)28-26(31)21-12-7-9-18(2)15-21/h5-17H,4H2,1-3H3,(H,28,31). The third-order valence-electron chi connectivity index (χ3n) is 5.23. The van der Waals surface area contributed by atoms with Crippen molar-refractivity contribution in [3.05, 3.63) is 101 Å². The molecule has 4 aromatic rings. The molecule has 0 fully saturated rings. The summed E-state index contributed by atoms with van der Waals surface area (Å²) in [6.45, 7) is 5.97. The van der Waals surface area contributed by atoms with Gasteiger partial charge in [-0.1, -0.05) is 48.0 Å². The quantitative estimate of drug-likeness (QED) is 0.398. The Bertz CT molecular complexity index is 1320. The Kier molecular flexibility index (Phi) is 6.36. The van der Waals surface area contributed by atoms with Crippen molar-refractivity contribution in [2.45, 2.75) is 20.8 Å². The van der Waals surface area contributed by atoms with Crippen molar-refractivity contribution in [2.75, 3.05) is 11.9 Å². The first-order valence-electron chi connectivity index (χ1n) is 10.8. The molecular formula is C27H25N3O3. The second-order valence-electron chi connectivity index (χ2n) is 7.74. The third kappa shape index (κ3) is 4.85. The lowest BCUT2D eigenvalue weighted by molar-refractivity contribution is 0.0519. The van der Waals surface area contributed by atoms with Crippen LogP contribution in [0.4, 0.5) is 5.69 Å². The van der Waals surface area contributed by atoms with E-state index in [1.54, 1.807) is 23.7 Å². The van der Waals surface area contributed by atoms with E-state index in [0.717, 1.165) is 28.1 Å². The summed E-state index contributed by atoms with van der Waals surface area (Å²) in [6.07, 6.45) is 0. The van der Waals surface area contributed by atoms with E-state index >= 15 is 0 Å². The van der Waals surface area contributed by atoms with Gasteiger partial charge in [-0.2, -0.15) is 5.10 Å². The smallest absolute Gasteiger partial charge is 0.358 e. The van der Waals surface area contributed by atoms with Gasteiger partial charge in [-0.3, -0.25) is 4.79 Å². The lowest BCUT2D eigenvalue weighted by Gasteiger charge is -2.12. The Hall–Kier alpha value is -4.19. The molecular weight excluding hydrogens is 414 g/mol. The summed E-state index contributed by atoms with van der Waals surface area (Å²) in [5.74, 6) is -0.662. The number of rotatable bonds is 6. The molecule has 6 nitrogen and oxygen atoms in total. The number of para-hydroxylation sites is 1. The fourth-order valence-corrected chi connectivity index (χ4v) is 3.62. The number of benzene rings is 3. The van der Waals surface area contributed by atoms with Gasteiger partial charge >= 0.3 is 5.97 Å². The van der Waals surface area contributed by atoms with Crippen LogP contribution in [0.5, 0.6) is 0 Å². The molecule has 0 saturated heterocycles. The number of anilines is 1. The normalized spacial score (nSPS) is 10.6. The predicted octanol–water partition coefficient (Wildman–Crippen LogP) is 5.59. The summed E-state index contributed by atoms with van der Waals surface area (Å²) in [7, 11) is 0. The summed E-state index contributed by atoms with van der Waals surface area (Å²) in [5, 5.41) is 7.49. The Morgan fingerprint density at radius 2 is 1.73 bits per heavy atom. The number of hydrogen-bond donors (Lipinski definition) is 1. The van der Waals surface area contributed by atoms with E-state index in [0.29, 0.717) is 11.3 Å². The molecule has 0 aliphatic carbocycles. The Labute approximate surface area is 192 Å². The zero-order chi connectivity index (χ0) is 23.4. The first-order chi connectivity index (χ1) is 16.0. The number of amides is 1. The van der Waals surface area contributed by atoms with Crippen molar-refractivity contribution in [3.8, 4) is 16.9 Å². The topological polar surface area (TPSA) is 73.2 Å². The fraction of sp³-hybridized carbons (Fsp3) is 0.148. The third-order valence-corrected chi connectivity index (χ3v) is 5.23. The maximum atomic E-state index is 12.7. The van der Waals surface area contributed by atoms with Crippen LogP contribution >= 0.6 is 0 Å². The van der Waals surface area contributed by atoms with Gasteiger partial charge in [0.2, 0.25) is 0 Å². The minimum Gasteiger partial charge on any atom is -0.461 e. The van der Waals surface area contributed by atoms with E-state index in [2.05, 4.69) is 10.4 Å². The largest absolute Gasteiger partial charge is 0.461 e. The van der Waals surface area contributed by atoms with Crippen LogP contribution in [0.25, 0.3) is 16.9 Å². The van der Waals surface area contributed by atoms with Gasteiger partial charge < -0.3 is 10.1 Å². The number of nitrogens with one attached hydrogen (secondary N) is 1. The van der Waals surface area contributed by atoms with Crippen molar-refractivity contribution >= 4 is 17.6 Å². The molecule has 33 heavy (non-hydrogen) atoms. The van der Waals surface area contributed by atoms with Crippen molar-refractivity contribution in [1.29, 1.82) is 0 Å². The van der Waals surface area contributed by atoms with Crippen LogP contribution in [0, 0.1) is 13.8 Å². The van der Waals surface area contributed by atoms with Gasteiger partial charge in [0.05, 0.1) is 18.0 Å². The van der Waals surface area contributed by atoms with Gasteiger partial charge in [0.1, 0.15) is 0 Å². The molecule has 0 unspecified atom stereocenters. The second-order valence-corrected chi connectivity index (χ2v) is 7.74. The van der Waals surface area contributed by atoms with E-state index in [9.17, 15) is 9.59 Å². The van der Waals surface area contributed by atoms with Gasteiger partial charge in [-0.25, -0.2) is 9.48 Å². The van der Waals surface area contributed by atoms with E-state index in [-0.39, 0.29) is 18.2 Å². The van der Waals surface area contributed by atoms with Crippen LogP contribution in [0.2, 0.25) is 0 Å². The molecule has 1 amide bonds. The van der Waals surface area contributed by atoms with Crippen molar-refractivity contribution in [2.24, 2.45) is 0 Å². The molecule has 0 bridgehead atoms. The van der Waals surface area contributed by atoms with Gasteiger partial charge in [-0.05, 0) is 62.7 Å². The van der Waals surface area contributed by atoms with E-state index in [1.165, 1.54) is 0 Å². The highest BCUT2D eigenvalue weighted by Crippen LogP contribution is 2.28. The maximum absolute atomic E-state index is 12.7. The predicted molar refractivity (Wildman–Crippen MR) is 129 cm³/mol. The van der Waals surface area contributed by atoms with Crippen LogP contribution < -0.4 is 5.32 Å². The maximum Gasteiger partial charge on any atom is 0.358 e. The Morgan fingerprint density at radius 3 is 2.48 bits per heavy atom. The summed E-state index contributed by atoms with van der Waals surface area (Å²) in [5.41, 5.74) is 5.89. The first kappa shape index (κ1) is 22.0. The van der Waals surface area contributed by atoms with Gasteiger partial charge in [0.25, 0.3) is 5.91 Å². The van der Waals surface area contributed by atoms with E-state index in [4.69, 9.17) is 4.74 Å². The Balaban J connectivity index is 1.73. The number of ether oxygens (including phenoxy) is 1. The molecule has 0 spiro atoms. The Morgan fingerprint density at radius 1 is 0.939 bits per heavy atom. The molecule has 6 heteroatoms. The van der Waals surface area contributed by atoms with Gasteiger partial charge in [0, 0.05) is 16.8 Å².